The van der Waals surface area contributed by atoms with E-state index in [-0.39, 0.29) is 12.5 Å². The molecule has 2 rings (SSSR count). The number of amides is 1. The number of nitrogens with zero attached hydrogens (tertiary/aromatic N) is 2. The molecule has 0 saturated heterocycles. The van der Waals surface area contributed by atoms with E-state index in [4.69, 9.17) is 4.74 Å². The minimum Gasteiger partial charge on any atom is -0.495 e. The van der Waals surface area contributed by atoms with Crippen molar-refractivity contribution in [3.8, 4) is 5.75 Å². The molecule has 1 amide bonds. The first-order valence-electron chi connectivity index (χ1n) is 5.65. The number of nitrogens with one attached hydrogen (secondary N) is 1. The maximum Gasteiger partial charge on any atom is 0.347 e. The fourth-order valence-corrected chi connectivity index (χ4v) is 1.60. The molecule has 6 nitrogen and oxygen atoms in total. The third-order valence-corrected chi connectivity index (χ3v) is 2.48. The second-order valence-corrected chi connectivity index (χ2v) is 3.78. The topological polar surface area (TPSA) is 73.2 Å². The summed E-state index contributed by atoms with van der Waals surface area (Å²) in [6.07, 6.45) is 2.90. The standard InChI is InChI=1S/C13H13N3O3/c1-19-11-6-3-2-5-10(11)15-12(17)9-16-8-4-7-14-13(16)18/h2-8H,9H2,1H3,(H,15,17). The van der Waals surface area contributed by atoms with Crippen molar-refractivity contribution in [2.45, 2.75) is 6.54 Å². The number of rotatable bonds is 4. The van der Waals surface area contributed by atoms with E-state index in [2.05, 4.69) is 10.3 Å². The quantitative estimate of drug-likeness (QED) is 0.885. The zero-order valence-corrected chi connectivity index (χ0v) is 10.4. The molecule has 0 spiro atoms. The van der Waals surface area contributed by atoms with Gasteiger partial charge in [-0.05, 0) is 18.2 Å². The van der Waals surface area contributed by atoms with Crippen LogP contribution in [0.15, 0.2) is 47.5 Å². The Hall–Kier alpha value is -2.63. The predicted molar refractivity (Wildman–Crippen MR) is 70.1 cm³/mol. The molecule has 0 bridgehead atoms. The van der Waals surface area contributed by atoms with Crippen LogP contribution in [-0.2, 0) is 11.3 Å². The van der Waals surface area contributed by atoms with Gasteiger partial charge in [0.1, 0.15) is 12.3 Å². The number of hydrogen-bond donors (Lipinski definition) is 1. The number of methoxy groups -OCH3 is 1. The normalized spacial score (nSPS) is 9.95. The Morgan fingerprint density at radius 2 is 2.16 bits per heavy atom. The van der Waals surface area contributed by atoms with Crippen molar-refractivity contribution in [1.82, 2.24) is 9.55 Å². The average molecular weight is 259 g/mol. The summed E-state index contributed by atoms with van der Waals surface area (Å²) in [5, 5.41) is 2.69. The second kappa shape index (κ2) is 5.81. The number of ether oxygens (including phenoxy) is 1. The molecular weight excluding hydrogens is 246 g/mol. The Kier molecular flexibility index (Phi) is 3.92. The van der Waals surface area contributed by atoms with Crippen molar-refractivity contribution in [2.75, 3.05) is 12.4 Å². The van der Waals surface area contributed by atoms with Crippen LogP contribution in [0.2, 0.25) is 0 Å². The molecule has 0 atom stereocenters. The minimum absolute atomic E-state index is 0.0925. The highest BCUT2D eigenvalue weighted by Gasteiger charge is 2.08. The Bertz CT molecular complexity index is 637. The van der Waals surface area contributed by atoms with Gasteiger partial charge in [-0.15, -0.1) is 0 Å². The largest absolute Gasteiger partial charge is 0.495 e. The monoisotopic (exact) mass is 259 g/mol. The van der Waals surface area contributed by atoms with Crippen LogP contribution in [0.1, 0.15) is 0 Å². The molecule has 1 aromatic carbocycles. The van der Waals surface area contributed by atoms with Gasteiger partial charge in [-0.1, -0.05) is 12.1 Å². The van der Waals surface area contributed by atoms with Gasteiger partial charge in [0.2, 0.25) is 5.91 Å². The van der Waals surface area contributed by atoms with Crippen LogP contribution in [-0.4, -0.2) is 22.6 Å². The third kappa shape index (κ3) is 3.19. The van der Waals surface area contributed by atoms with Gasteiger partial charge < -0.3 is 10.1 Å². The molecule has 0 unspecified atom stereocenters. The molecule has 1 N–H and O–H groups in total. The molecular formula is C13H13N3O3. The number of benzene rings is 1. The van der Waals surface area contributed by atoms with E-state index in [0.29, 0.717) is 11.4 Å². The molecule has 0 radical (unpaired) electrons. The fraction of sp³-hybridized carbons (Fsp3) is 0.154. The number of carbonyl (C=O) groups is 1. The maximum atomic E-state index is 11.8. The lowest BCUT2D eigenvalue weighted by Crippen LogP contribution is -2.28. The van der Waals surface area contributed by atoms with Crippen LogP contribution in [0.25, 0.3) is 0 Å². The summed E-state index contributed by atoms with van der Waals surface area (Å²) in [5.74, 6) is 0.244. The predicted octanol–water partition coefficient (Wildman–Crippen LogP) is 0.891. The Labute approximate surface area is 109 Å². The first kappa shape index (κ1) is 12.8. The van der Waals surface area contributed by atoms with E-state index in [0.717, 1.165) is 0 Å². The molecule has 0 saturated carbocycles. The summed E-state index contributed by atoms with van der Waals surface area (Å²) in [4.78, 5) is 26.8. The first-order valence-corrected chi connectivity index (χ1v) is 5.65. The smallest absolute Gasteiger partial charge is 0.347 e. The Morgan fingerprint density at radius 3 is 2.89 bits per heavy atom. The molecule has 0 fully saturated rings. The molecule has 1 aromatic heterocycles. The Balaban J connectivity index is 2.10. The highest BCUT2D eigenvalue weighted by Crippen LogP contribution is 2.22. The lowest BCUT2D eigenvalue weighted by atomic mass is 10.3. The van der Waals surface area contributed by atoms with Crippen LogP contribution < -0.4 is 15.7 Å². The van der Waals surface area contributed by atoms with Crippen LogP contribution in [0.4, 0.5) is 5.69 Å². The van der Waals surface area contributed by atoms with Crippen molar-refractivity contribution in [2.24, 2.45) is 0 Å². The number of para-hydroxylation sites is 2. The van der Waals surface area contributed by atoms with E-state index in [1.807, 2.05) is 0 Å². The third-order valence-electron chi connectivity index (χ3n) is 2.48. The van der Waals surface area contributed by atoms with Crippen molar-refractivity contribution in [3.05, 3.63) is 53.2 Å². The van der Waals surface area contributed by atoms with Crippen molar-refractivity contribution < 1.29 is 9.53 Å². The average Bonchev–Trinajstić information content (AvgIpc) is 2.42. The first-order chi connectivity index (χ1) is 9.20. The number of carbonyl (C=O) groups excluding carboxylic acids is 1. The summed E-state index contributed by atoms with van der Waals surface area (Å²) < 4.78 is 6.35. The zero-order valence-electron chi connectivity index (χ0n) is 10.4. The molecule has 1 heterocycles. The van der Waals surface area contributed by atoms with Crippen LogP contribution in [0, 0.1) is 0 Å². The zero-order chi connectivity index (χ0) is 13.7. The molecule has 19 heavy (non-hydrogen) atoms. The maximum absolute atomic E-state index is 11.8. The summed E-state index contributed by atoms with van der Waals surface area (Å²) in [7, 11) is 1.52. The molecule has 0 aliphatic carbocycles. The van der Waals surface area contributed by atoms with E-state index in [9.17, 15) is 9.59 Å². The van der Waals surface area contributed by atoms with E-state index < -0.39 is 5.69 Å². The van der Waals surface area contributed by atoms with E-state index in [1.165, 1.54) is 24.1 Å². The highest BCUT2D eigenvalue weighted by molar-refractivity contribution is 5.92. The van der Waals surface area contributed by atoms with Gasteiger partial charge in [0.25, 0.3) is 0 Å². The van der Waals surface area contributed by atoms with Gasteiger partial charge >= 0.3 is 5.69 Å². The van der Waals surface area contributed by atoms with Crippen molar-refractivity contribution >= 4 is 11.6 Å². The summed E-state index contributed by atoms with van der Waals surface area (Å²) in [6, 6.07) is 8.65. The SMILES string of the molecule is COc1ccccc1NC(=O)Cn1cccnc1=O. The molecule has 2 aromatic rings. The van der Waals surface area contributed by atoms with Gasteiger partial charge in [0, 0.05) is 12.4 Å². The minimum atomic E-state index is -0.460. The van der Waals surface area contributed by atoms with Gasteiger partial charge in [-0.2, -0.15) is 0 Å². The van der Waals surface area contributed by atoms with Crippen LogP contribution in [0.3, 0.4) is 0 Å². The summed E-state index contributed by atoms with van der Waals surface area (Å²) in [6.45, 7) is -0.0925. The second-order valence-electron chi connectivity index (χ2n) is 3.78. The molecule has 98 valence electrons. The van der Waals surface area contributed by atoms with Crippen LogP contribution in [0.5, 0.6) is 5.75 Å². The van der Waals surface area contributed by atoms with Crippen molar-refractivity contribution in [1.29, 1.82) is 0 Å². The van der Waals surface area contributed by atoms with Gasteiger partial charge in [0.15, 0.2) is 0 Å². The lowest BCUT2D eigenvalue weighted by molar-refractivity contribution is -0.116. The molecule has 6 heteroatoms. The molecule has 0 aliphatic rings. The number of aromatic nitrogens is 2. The lowest BCUT2D eigenvalue weighted by Gasteiger charge is -2.10. The van der Waals surface area contributed by atoms with Gasteiger partial charge in [-0.3, -0.25) is 9.36 Å². The number of anilines is 1. The number of hydrogen-bond acceptors (Lipinski definition) is 4. The highest BCUT2D eigenvalue weighted by atomic mass is 16.5. The van der Waals surface area contributed by atoms with Gasteiger partial charge in [-0.25, -0.2) is 9.78 Å². The Morgan fingerprint density at radius 1 is 1.37 bits per heavy atom. The van der Waals surface area contributed by atoms with E-state index >= 15 is 0 Å². The van der Waals surface area contributed by atoms with Crippen LogP contribution >= 0.6 is 0 Å². The summed E-state index contributed by atoms with van der Waals surface area (Å²) >= 11 is 0. The fourth-order valence-electron chi connectivity index (χ4n) is 1.60. The molecule has 0 aliphatic heterocycles. The summed E-state index contributed by atoms with van der Waals surface area (Å²) in [5.41, 5.74) is 0.101. The van der Waals surface area contributed by atoms with Crippen molar-refractivity contribution in [3.63, 3.8) is 0 Å². The van der Waals surface area contributed by atoms with Gasteiger partial charge in [0.05, 0.1) is 12.8 Å². The van der Waals surface area contributed by atoms with E-state index in [1.54, 1.807) is 30.3 Å².